The summed E-state index contributed by atoms with van der Waals surface area (Å²) in [6.07, 6.45) is 2.32. The first-order valence-electron chi connectivity index (χ1n) is 8.35. The van der Waals surface area contributed by atoms with Crippen LogP contribution in [0.15, 0.2) is 24.3 Å². The lowest BCUT2D eigenvalue weighted by Gasteiger charge is -2.36. The van der Waals surface area contributed by atoms with Gasteiger partial charge < -0.3 is 15.0 Å². The summed E-state index contributed by atoms with van der Waals surface area (Å²) in [7, 11) is 0. The molecule has 2 rings (SSSR count). The number of benzene rings is 1. The lowest BCUT2D eigenvalue weighted by Crippen LogP contribution is -2.55. The summed E-state index contributed by atoms with van der Waals surface area (Å²) in [6.45, 7) is 3.26. The second kappa shape index (κ2) is 7.80. The van der Waals surface area contributed by atoms with E-state index in [0.29, 0.717) is 18.5 Å². The Morgan fingerprint density at radius 1 is 1.20 bits per heavy atom. The number of nitrogens with one attached hydrogen (secondary N) is 1. The lowest BCUT2D eigenvalue weighted by atomic mass is 9.98. The molecule has 1 fully saturated rings. The number of likely N-dealkylation sites (tertiary alicyclic amines) is 1. The van der Waals surface area contributed by atoms with Gasteiger partial charge in [-0.15, -0.1) is 0 Å². The van der Waals surface area contributed by atoms with Gasteiger partial charge in [0.15, 0.2) is 0 Å². The van der Waals surface area contributed by atoms with Gasteiger partial charge >= 0.3 is 6.61 Å². The van der Waals surface area contributed by atoms with Crippen molar-refractivity contribution in [1.82, 2.24) is 10.2 Å². The zero-order valence-corrected chi connectivity index (χ0v) is 14.7. The Balaban J connectivity index is 2.13. The minimum Gasteiger partial charge on any atom is -0.435 e. The van der Waals surface area contributed by atoms with E-state index in [0.717, 1.165) is 12.8 Å². The van der Waals surface area contributed by atoms with Crippen molar-refractivity contribution in [3.05, 3.63) is 29.8 Å². The third-order valence-electron chi connectivity index (χ3n) is 3.89. The molecule has 1 saturated heterocycles. The van der Waals surface area contributed by atoms with Gasteiger partial charge in [0.2, 0.25) is 5.91 Å². The Kier molecular flexibility index (Phi) is 5.98. The minimum absolute atomic E-state index is 0.00720. The molecule has 1 N–H and O–H groups in total. The van der Waals surface area contributed by atoms with Gasteiger partial charge in [-0.1, -0.05) is 0 Å². The Bertz CT molecular complexity index is 612. The summed E-state index contributed by atoms with van der Waals surface area (Å²) in [4.78, 5) is 26.9. The first-order valence-corrected chi connectivity index (χ1v) is 8.35. The first kappa shape index (κ1) is 19.1. The van der Waals surface area contributed by atoms with Gasteiger partial charge in [-0.25, -0.2) is 0 Å². The molecule has 0 aromatic heterocycles. The molecule has 0 aliphatic carbocycles. The van der Waals surface area contributed by atoms with Crippen molar-refractivity contribution in [2.75, 3.05) is 6.54 Å². The Labute approximate surface area is 146 Å². The molecule has 0 bridgehead atoms. The van der Waals surface area contributed by atoms with E-state index in [2.05, 4.69) is 10.1 Å². The third-order valence-corrected chi connectivity index (χ3v) is 3.89. The molecule has 1 heterocycles. The zero-order valence-electron chi connectivity index (χ0n) is 14.7. The molecule has 0 radical (unpaired) electrons. The van der Waals surface area contributed by atoms with Crippen LogP contribution in [0.5, 0.6) is 5.75 Å². The number of nitrogens with zero attached hydrogens (tertiary/aromatic N) is 1. The number of rotatable bonds is 4. The van der Waals surface area contributed by atoms with Crippen molar-refractivity contribution in [2.24, 2.45) is 0 Å². The molecule has 1 aromatic rings. The van der Waals surface area contributed by atoms with Crippen LogP contribution in [0.25, 0.3) is 0 Å². The highest BCUT2D eigenvalue weighted by Gasteiger charge is 2.34. The molecule has 1 aliphatic heterocycles. The van der Waals surface area contributed by atoms with Crippen molar-refractivity contribution in [3.8, 4) is 5.75 Å². The van der Waals surface area contributed by atoms with Gasteiger partial charge in [0, 0.05) is 17.6 Å². The molecule has 1 aromatic carbocycles. The number of carbonyl (C=O) groups is 2. The van der Waals surface area contributed by atoms with E-state index in [1.807, 2.05) is 20.8 Å². The average Bonchev–Trinajstić information content (AvgIpc) is 2.53. The van der Waals surface area contributed by atoms with Crippen molar-refractivity contribution >= 4 is 11.8 Å². The summed E-state index contributed by atoms with van der Waals surface area (Å²) in [5.74, 6) is -0.456. The minimum atomic E-state index is -2.91. The van der Waals surface area contributed by atoms with Gasteiger partial charge in [0.1, 0.15) is 11.8 Å². The van der Waals surface area contributed by atoms with Gasteiger partial charge in [0.05, 0.1) is 0 Å². The molecular formula is C18H24F2N2O3. The van der Waals surface area contributed by atoms with Crippen LogP contribution >= 0.6 is 0 Å². The van der Waals surface area contributed by atoms with Crippen LogP contribution in [0.1, 0.15) is 50.4 Å². The van der Waals surface area contributed by atoms with Crippen LogP contribution in [-0.2, 0) is 4.79 Å². The zero-order chi connectivity index (χ0) is 18.6. The topological polar surface area (TPSA) is 58.6 Å². The number of carbonyl (C=O) groups excluding carboxylic acids is 2. The van der Waals surface area contributed by atoms with Crippen molar-refractivity contribution in [3.63, 3.8) is 0 Å². The maximum atomic E-state index is 12.8. The number of piperidine rings is 1. The number of alkyl halides is 2. The summed E-state index contributed by atoms with van der Waals surface area (Å²) >= 11 is 0. The molecule has 1 aliphatic rings. The number of ether oxygens (including phenoxy) is 1. The van der Waals surface area contributed by atoms with E-state index in [4.69, 9.17) is 0 Å². The molecule has 2 amide bonds. The number of amides is 2. The Hall–Kier alpha value is -2.18. The average molecular weight is 354 g/mol. The molecule has 138 valence electrons. The molecule has 0 saturated carbocycles. The normalized spacial score (nSPS) is 18.2. The van der Waals surface area contributed by atoms with Crippen molar-refractivity contribution in [2.45, 2.75) is 58.2 Å². The van der Waals surface area contributed by atoms with E-state index in [-0.39, 0.29) is 23.1 Å². The SMILES string of the molecule is CC(C)(C)NC(=O)C1CCCCN1C(=O)c1ccc(OC(F)F)cc1. The van der Waals surface area contributed by atoms with Crippen molar-refractivity contribution in [1.29, 1.82) is 0 Å². The molecule has 1 atom stereocenters. The molecule has 7 heteroatoms. The number of hydrogen-bond acceptors (Lipinski definition) is 3. The van der Waals surface area contributed by atoms with E-state index in [9.17, 15) is 18.4 Å². The smallest absolute Gasteiger partial charge is 0.387 e. The molecule has 25 heavy (non-hydrogen) atoms. The van der Waals surface area contributed by atoms with Crippen LogP contribution < -0.4 is 10.1 Å². The summed E-state index contributed by atoms with van der Waals surface area (Å²) < 4.78 is 28.7. The van der Waals surface area contributed by atoms with Gasteiger partial charge in [-0.3, -0.25) is 9.59 Å². The monoisotopic (exact) mass is 354 g/mol. The summed E-state index contributed by atoms with van der Waals surface area (Å²) in [5.41, 5.74) is -0.0330. The van der Waals surface area contributed by atoms with Crippen LogP contribution in [0.4, 0.5) is 8.78 Å². The molecular weight excluding hydrogens is 330 g/mol. The van der Waals surface area contributed by atoms with Crippen LogP contribution in [-0.4, -0.2) is 41.5 Å². The predicted molar refractivity (Wildman–Crippen MR) is 89.6 cm³/mol. The predicted octanol–water partition coefficient (Wildman–Crippen LogP) is 3.20. The van der Waals surface area contributed by atoms with Gasteiger partial charge in [-0.2, -0.15) is 8.78 Å². The maximum absolute atomic E-state index is 12.8. The van der Waals surface area contributed by atoms with Gasteiger partial charge in [0.25, 0.3) is 5.91 Å². The first-order chi connectivity index (χ1) is 11.7. The van der Waals surface area contributed by atoms with Gasteiger partial charge in [-0.05, 0) is 64.3 Å². The van der Waals surface area contributed by atoms with E-state index < -0.39 is 12.7 Å². The number of halogens is 2. The Morgan fingerprint density at radius 3 is 2.40 bits per heavy atom. The largest absolute Gasteiger partial charge is 0.435 e. The lowest BCUT2D eigenvalue weighted by molar-refractivity contribution is -0.128. The maximum Gasteiger partial charge on any atom is 0.387 e. The van der Waals surface area contributed by atoms with Crippen LogP contribution in [0, 0.1) is 0 Å². The third kappa shape index (κ3) is 5.41. The molecule has 1 unspecified atom stereocenters. The summed E-state index contributed by atoms with van der Waals surface area (Å²) in [6, 6.07) is 5.01. The van der Waals surface area contributed by atoms with Crippen molar-refractivity contribution < 1.29 is 23.1 Å². The molecule has 0 spiro atoms. The highest BCUT2D eigenvalue weighted by Crippen LogP contribution is 2.22. The van der Waals surface area contributed by atoms with Crippen LogP contribution in [0.2, 0.25) is 0 Å². The van der Waals surface area contributed by atoms with E-state index in [1.54, 1.807) is 4.90 Å². The fourth-order valence-electron chi connectivity index (χ4n) is 2.84. The summed E-state index contributed by atoms with van der Waals surface area (Å²) in [5, 5.41) is 2.92. The fourth-order valence-corrected chi connectivity index (χ4v) is 2.84. The number of hydrogen-bond donors (Lipinski definition) is 1. The van der Waals surface area contributed by atoms with E-state index >= 15 is 0 Å². The highest BCUT2D eigenvalue weighted by molar-refractivity contribution is 5.97. The van der Waals surface area contributed by atoms with E-state index in [1.165, 1.54) is 24.3 Å². The Morgan fingerprint density at radius 2 is 1.84 bits per heavy atom. The second-order valence-electron chi connectivity index (χ2n) is 7.15. The molecule has 5 nitrogen and oxygen atoms in total. The quantitative estimate of drug-likeness (QED) is 0.903. The standard InChI is InChI=1S/C18H24F2N2O3/c1-18(2,3)21-15(23)14-6-4-5-11-22(14)16(24)12-7-9-13(10-8-12)25-17(19)20/h7-10,14,17H,4-6,11H2,1-3H3,(H,21,23). The fraction of sp³-hybridized carbons (Fsp3) is 0.556. The highest BCUT2D eigenvalue weighted by atomic mass is 19.3. The van der Waals surface area contributed by atoms with Crippen LogP contribution in [0.3, 0.4) is 0 Å². The second-order valence-corrected chi connectivity index (χ2v) is 7.15.